The number of hydrogen-bond acceptors (Lipinski definition) is 2. The highest BCUT2D eigenvalue weighted by Crippen LogP contribution is 2.20. The summed E-state index contributed by atoms with van der Waals surface area (Å²) in [5, 5.41) is 12.8. The van der Waals surface area contributed by atoms with Gasteiger partial charge in [-0.2, -0.15) is 5.26 Å². The van der Waals surface area contributed by atoms with Crippen LogP contribution >= 0.6 is 27.5 Å². The van der Waals surface area contributed by atoms with Crippen molar-refractivity contribution in [1.82, 2.24) is 0 Å². The van der Waals surface area contributed by atoms with Gasteiger partial charge >= 0.3 is 0 Å². The SMILES string of the molecule is N#Cc1cc(Cl)ccc1NCc1ccc(Br)cc1. The molecule has 0 heterocycles. The standard InChI is InChI=1S/C14H10BrClN2/c15-12-3-1-10(2-4-12)9-18-14-6-5-13(16)7-11(14)8-17/h1-7,18H,9H2. The zero-order valence-electron chi connectivity index (χ0n) is 9.45. The summed E-state index contributed by atoms with van der Waals surface area (Å²) >= 11 is 9.24. The second kappa shape index (κ2) is 5.90. The molecular formula is C14H10BrClN2. The van der Waals surface area contributed by atoms with Gasteiger partial charge in [0.1, 0.15) is 6.07 Å². The first-order valence-electron chi connectivity index (χ1n) is 5.37. The largest absolute Gasteiger partial charge is 0.380 e. The zero-order chi connectivity index (χ0) is 13.0. The van der Waals surface area contributed by atoms with Gasteiger partial charge in [-0.15, -0.1) is 0 Å². The molecule has 0 bridgehead atoms. The fraction of sp³-hybridized carbons (Fsp3) is 0.0714. The maximum Gasteiger partial charge on any atom is 0.101 e. The summed E-state index contributed by atoms with van der Waals surface area (Å²) < 4.78 is 1.05. The fourth-order valence-electron chi connectivity index (χ4n) is 1.56. The van der Waals surface area contributed by atoms with Crippen LogP contribution in [-0.2, 0) is 6.54 Å². The van der Waals surface area contributed by atoms with E-state index in [0.29, 0.717) is 17.1 Å². The van der Waals surface area contributed by atoms with Crippen LogP contribution in [-0.4, -0.2) is 0 Å². The molecule has 0 aliphatic heterocycles. The van der Waals surface area contributed by atoms with Gasteiger partial charge in [-0.1, -0.05) is 39.7 Å². The van der Waals surface area contributed by atoms with Crippen LogP contribution in [0, 0.1) is 11.3 Å². The van der Waals surface area contributed by atoms with Crippen LogP contribution in [0.5, 0.6) is 0 Å². The number of nitrogens with zero attached hydrogens (tertiary/aromatic N) is 1. The van der Waals surface area contributed by atoms with Gasteiger partial charge in [0.2, 0.25) is 0 Å². The molecule has 0 spiro atoms. The molecule has 2 nitrogen and oxygen atoms in total. The molecule has 0 saturated heterocycles. The lowest BCUT2D eigenvalue weighted by Gasteiger charge is -2.08. The number of hydrogen-bond donors (Lipinski definition) is 1. The number of benzene rings is 2. The Kier molecular flexibility index (Phi) is 4.24. The van der Waals surface area contributed by atoms with E-state index in [4.69, 9.17) is 16.9 Å². The Morgan fingerprint density at radius 3 is 2.56 bits per heavy atom. The van der Waals surface area contributed by atoms with Crippen molar-refractivity contribution in [3.63, 3.8) is 0 Å². The van der Waals surface area contributed by atoms with Gasteiger partial charge < -0.3 is 5.32 Å². The molecular weight excluding hydrogens is 312 g/mol. The summed E-state index contributed by atoms with van der Waals surface area (Å²) in [5.74, 6) is 0. The van der Waals surface area contributed by atoms with E-state index in [0.717, 1.165) is 15.7 Å². The van der Waals surface area contributed by atoms with Gasteiger partial charge in [-0.05, 0) is 35.9 Å². The third-order valence-electron chi connectivity index (χ3n) is 2.50. The van der Waals surface area contributed by atoms with Crippen LogP contribution in [0.4, 0.5) is 5.69 Å². The quantitative estimate of drug-likeness (QED) is 0.897. The Hall–Kier alpha value is -1.50. The van der Waals surface area contributed by atoms with Crippen molar-refractivity contribution in [2.45, 2.75) is 6.54 Å². The molecule has 90 valence electrons. The first kappa shape index (κ1) is 12.9. The molecule has 18 heavy (non-hydrogen) atoms. The van der Waals surface area contributed by atoms with Crippen molar-refractivity contribution in [3.05, 3.63) is 63.1 Å². The molecule has 0 aliphatic carbocycles. The maximum atomic E-state index is 9.02. The van der Waals surface area contributed by atoms with Gasteiger partial charge in [0.25, 0.3) is 0 Å². The summed E-state index contributed by atoms with van der Waals surface area (Å²) in [5.41, 5.74) is 2.50. The lowest BCUT2D eigenvalue weighted by Crippen LogP contribution is -2.01. The molecule has 0 amide bonds. The third-order valence-corrected chi connectivity index (χ3v) is 3.26. The van der Waals surface area contributed by atoms with E-state index in [1.165, 1.54) is 0 Å². The summed E-state index contributed by atoms with van der Waals surface area (Å²) in [4.78, 5) is 0. The molecule has 1 N–H and O–H groups in total. The van der Waals surface area contributed by atoms with Gasteiger partial charge in [-0.3, -0.25) is 0 Å². The minimum Gasteiger partial charge on any atom is -0.380 e. The molecule has 2 aromatic carbocycles. The molecule has 0 saturated carbocycles. The van der Waals surface area contributed by atoms with Crippen LogP contribution in [0.2, 0.25) is 5.02 Å². The van der Waals surface area contributed by atoms with Gasteiger partial charge in [0, 0.05) is 16.0 Å². The second-order valence-electron chi connectivity index (χ2n) is 3.78. The monoisotopic (exact) mass is 320 g/mol. The number of rotatable bonds is 3. The van der Waals surface area contributed by atoms with Gasteiger partial charge in [0.05, 0.1) is 11.3 Å². The first-order valence-corrected chi connectivity index (χ1v) is 6.54. The van der Waals surface area contributed by atoms with Crippen molar-refractivity contribution in [2.24, 2.45) is 0 Å². The molecule has 0 unspecified atom stereocenters. The summed E-state index contributed by atoms with van der Waals surface area (Å²) in [7, 11) is 0. The highest BCUT2D eigenvalue weighted by atomic mass is 79.9. The molecule has 0 fully saturated rings. The Morgan fingerprint density at radius 2 is 1.89 bits per heavy atom. The van der Waals surface area contributed by atoms with Crippen LogP contribution in [0.25, 0.3) is 0 Å². The van der Waals surface area contributed by atoms with Crippen LogP contribution in [0.1, 0.15) is 11.1 Å². The number of halogens is 2. The van der Waals surface area contributed by atoms with Crippen molar-refractivity contribution in [1.29, 1.82) is 5.26 Å². The minimum absolute atomic E-state index is 0.555. The predicted molar refractivity (Wildman–Crippen MR) is 77.6 cm³/mol. The summed E-state index contributed by atoms with van der Waals surface area (Å²) in [6, 6.07) is 15.4. The maximum absolute atomic E-state index is 9.02. The molecule has 2 aromatic rings. The predicted octanol–water partition coefficient (Wildman–Crippen LogP) is 4.59. The van der Waals surface area contributed by atoms with Crippen molar-refractivity contribution >= 4 is 33.2 Å². The summed E-state index contributed by atoms with van der Waals surface area (Å²) in [6.45, 7) is 0.670. The average Bonchev–Trinajstić information content (AvgIpc) is 2.39. The smallest absolute Gasteiger partial charge is 0.101 e. The zero-order valence-corrected chi connectivity index (χ0v) is 11.8. The molecule has 0 aliphatic rings. The average molecular weight is 322 g/mol. The van der Waals surface area contributed by atoms with Crippen molar-refractivity contribution in [3.8, 4) is 6.07 Å². The topological polar surface area (TPSA) is 35.8 Å². The molecule has 0 radical (unpaired) electrons. The normalized spacial score (nSPS) is 9.83. The first-order chi connectivity index (χ1) is 8.69. The van der Waals surface area contributed by atoms with E-state index in [-0.39, 0.29) is 0 Å². The molecule has 0 aromatic heterocycles. The van der Waals surface area contributed by atoms with Crippen LogP contribution < -0.4 is 5.32 Å². The van der Waals surface area contributed by atoms with E-state index in [1.807, 2.05) is 30.3 Å². The van der Waals surface area contributed by atoms with Crippen LogP contribution in [0.15, 0.2) is 46.9 Å². The summed E-state index contributed by atoms with van der Waals surface area (Å²) in [6.07, 6.45) is 0. The number of nitrogens with one attached hydrogen (secondary N) is 1. The van der Waals surface area contributed by atoms with Gasteiger partial charge in [-0.25, -0.2) is 0 Å². The Morgan fingerprint density at radius 1 is 1.17 bits per heavy atom. The second-order valence-corrected chi connectivity index (χ2v) is 5.13. The van der Waals surface area contributed by atoms with Crippen LogP contribution in [0.3, 0.4) is 0 Å². The minimum atomic E-state index is 0.555. The lowest BCUT2D eigenvalue weighted by atomic mass is 10.1. The Bertz CT molecular complexity index is 588. The Balaban J connectivity index is 2.11. The van der Waals surface area contributed by atoms with E-state index >= 15 is 0 Å². The van der Waals surface area contributed by atoms with E-state index < -0.39 is 0 Å². The molecule has 0 atom stereocenters. The third kappa shape index (κ3) is 3.25. The highest BCUT2D eigenvalue weighted by molar-refractivity contribution is 9.10. The van der Waals surface area contributed by atoms with E-state index in [1.54, 1.807) is 12.1 Å². The molecule has 4 heteroatoms. The molecule has 2 rings (SSSR count). The van der Waals surface area contributed by atoms with Crippen molar-refractivity contribution in [2.75, 3.05) is 5.32 Å². The lowest BCUT2D eigenvalue weighted by molar-refractivity contribution is 1.14. The van der Waals surface area contributed by atoms with E-state index in [9.17, 15) is 0 Å². The van der Waals surface area contributed by atoms with E-state index in [2.05, 4.69) is 27.3 Å². The fourth-order valence-corrected chi connectivity index (χ4v) is 2.00. The van der Waals surface area contributed by atoms with Crippen molar-refractivity contribution < 1.29 is 0 Å². The number of anilines is 1. The highest BCUT2D eigenvalue weighted by Gasteiger charge is 2.02. The number of nitriles is 1. The Labute approximate surface area is 119 Å². The van der Waals surface area contributed by atoms with Gasteiger partial charge in [0.15, 0.2) is 0 Å².